The van der Waals surface area contributed by atoms with Gasteiger partial charge in [-0.2, -0.15) is 0 Å². The minimum Gasteiger partial charge on any atom is -0.392 e. The summed E-state index contributed by atoms with van der Waals surface area (Å²) in [5, 5.41) is 9.20. The summed E-state index contributed by atoms with van der Waals surface area (Å²) in [6.07, 6.45) is 0. The Hall–Kier alpha value is -2.00. The van der Waals surface area contributed by atoms with Crippen molar-refractivity contribution in [3.05, 3.63) is 59.7 Å². The predicted octanol–water partition coefficient (Wildman–Crippen LogP) is 2.81. The lowest BCUT2D eigenvalue weighted by Gasteiger charge is -2.38. The first kappa shape index (κ1) is 14.0. The van der Waals surface area contributed by atoms with E-state index in [2.05, 4.69) is 59.2 Å². The Balaban J connectivity index is 1.68. The number of aryl methyl sites for hydroxylation is 1. The monoisotopic (exact) mass is 282 g/mol. The van der Waals surface area contributed by atoms with Crippen LogP contribution in [0.1, 0.15) is 11.1 Å². The lowest BCUT2D eigenvalue weighted by Crippen LogP contribution is -2.46. The predicted molar refractivity (Wildman–Crippen MR) is 88.0 cm³/mol. The molecule has 1 N–H and O–H groups in total. The van der Waals surface area contributed by atoms with Crippen molar-refractivity contribution in [3.63, 3.8) is 0 Å². The Labute approximate surface area is 126 Å². The fourth-order valence-electron chi connectivity index (χ4n) is 3.02. The van der Waals surface area contributed by atoms with E-state index in [0.717, 1.165) is 31.7 Å². The molecule has 1 aliphatic heterocycles. The number of nitrogens with zero attached hydrogens (tertiary/aromatic N) is 2. The topological polar surface area (TPSA) is 26.7 Å². The van der Waals surface area contributed by atoms with Crippen molar-refractivity contribution in [2.24, 2.45) is 0 Å². The third-order valence-corrected chi connectivity index (χ3v) is 4.19. The molecule has 2 aromatic carbocycles. The number of para-hydroxylation sites is 1. The summed E-state index contributed by atoms with van der Waals surface area (Å²) in [5.41, 5.74) is 4.83. The Morgan fingerprint density at radius 1 is 0.905 bits per heavy atom. The fourth-order valence-corrected chi connectivity index (χ4v) is 3.02. The zero-order valence-corrected chi connectivity index (χ0v) is 12.5. The van der Waals surface area contributed by atoms with Crippen molar-refractivity contribution in [3.8, 4) is 0 Å². The number of aliphatic hydroxyl groups is 1. The van der Waals surface area contributed by atoms with Gasteiger partial charge in [-0.3, -0.25) is 0 Å². The third kappa shape index (κ3) is 3.03. The number of aliphatic hydroxyl groups excluding tert-OH is 1. The van der Waals surface area contributed by atoms with E-state index in [4.69, 9.17) is 0 Å². The first-order valence-electron chi connectivity index (χ1n) is 7.53. The minimum atomic E-state index is 0.114. The molecular formula is C18H22N2O. The Bertz CT molecular complexity index is 589. The lowest BCUT2D eigenvalue weighted by atomic mass is 10.1. The molecule has 1 fully saturated rings. The molecule has 0 spiro atoms. The molecule has 0 atom stereocenters. The highest BCUT2D eigenvalue weighted by Crippen LogP contribution is 2.24. The zero-order valence-electron chi connectivity index (χ0n) is 12.5. The maximum Gasteiger partial charge on any atom is 0.0681 e. The molecule has 0 aromatic heterocycles. The molecule has 0 saturated carbocycles. The van der Waals surface area contributed by atoms with Gasteiger partial charge in [0.25, 0.3) is 0 Å². The highest BCUT2D eigenvalue weighted by molar-refractivity contribution is 5.56. The zero-order chi connectivity index (χ0) is 14.7. The molecule has 0 bridgehead atoms. The van der Waals surface area contributed by atoms with Crippen LogP contribution in [0, 0.1) is 6.92 Å². The maximum absolute atomic E-state index is 9.20. The SMILES string of the molecule is Cc1cc(CO)ccc1N1CCN(c2ccccc2)CC1. The molecule has 0 amide bonds. The van der Waals surface area contributed by atoms with Crippen LogP contribution in [0.25, 0.3) is 0 Å². The molecule has 0 aliphatic carbocycles. The molecule has 0 radical (unpaired) electrons. The molecule has 21 heavy (non-hydrogen) atoms. The maximum atomic E-state index is 9.20. The smallest absolute Gasteiger partial charge is 0.0681 e. The standard InChI is InChI=1S/C18H22N2O/c1-15-13-16(14-21)7-8-18(15)20-11-9-19(10-12-20)17-5-3-2-4-6-17/h2-8,13,21H,9-12,14H2,1H3. The summed E-state index contributed by atoms with van der Waals surface area (Å²) in [5.74, 6) is 0. The lowest BCUT2D eigenvalue weighted by molar-refractivity contribution is 0.282. The van der Waals surface area contributed by atoms with E-state index in [1.54, 1.807) is 0 Å². The Kier molecular flexibility index (Phi) is 4.11. The van der Waals surface area contributed by atoms with Crippen molar-refractivity contribution in [2.75, 3.05) is 36.0 Å². The summed E-state index contributed by atoms with van der Waals surface area (Å²) in [4.78, 5) is 4.88. The number of hydrogen-bond acceptors (Lipinski definition) is 3. The van der Waals surface area contributed by atoms with Crippen molar-refractivity contribution < 1.29 is 5.11 Å². The van der Waals surface area contributed by atoms with Gasteiger partial charge in [0.15, 0.2) is 0 Å². The number of anilines is 2. The molecule has 3 rings (SSSR count). The average molecular weight is 282 g/mol. The average Bonchev–Trinajstić information content (AvgIpc) is 2.56. The van der Waals surface area contributed by atoms with Gasteiger partial charge >= 0.3 is 0 Å². The van der Waals surface area contributed by atoms with Gasteiger partial charge < -0.3 is 14.9 Å². The second-order valence-corrected chi connectivity index (χ2v) is 5.59. The van der Waals surface area contributed by atoms with Crippen LogP contribution in [-0.2, 0) is 6.61 Å². The summed E-state index contributed by atoms with van der Waals surface area (Å²) in [7, 11) is 0. The van der Waals surface area contributed by atoms with E-state index < -0.39 is 0 Å². The van der Waals surface area contributed by atoms with Crippen LogP contribution >= 0.6 is 0 Å². The molecular weight excluding hydrogens is 260 g/mol. The fraction of sp³-hybridized carbons (Fsp3) is 0.333. The summed E-state index contributed by atoms with van der Waals surface area (Å²) in [6.45, 7) is 6.40. The molecule has 1 heterocycles. The van der Waals surface area contributed by atoms with Crippen molar-refractivity contribution in [1.29, 1.82) is 0 Å². The highest BCUT2D eigenvalue weighted by atomic mass is 16.3. The molecule has 2 aromatic rings. The first-order valence-corrected chi connectivity index (χ1v) is 7.53. The van der Waals surface area contributed by atoms with Crippen LogP contribution < -0.4 is 9.80 Å². The molecule has 3 nitrogen and oxygen atoms in total. The van der Waals surface area contributed by atoms with E-state index in [1.807, 2.05) is 6.07 Å². The van der Waals surface area contributed by atoms with Gasteiger partial charge in [0.2, 0.25) is 0 Å². The molecule has 1 aliphatic rings. The number of benzene rings is 2. The van der Waals surface area contributed by atoms with Crippen LogP contribution in [0.4, 0.5) is 11.4 Å². The van der Waals surface area contributed by atoms with Crippen LogP contribution in [-0.4, -0.2) is 31.3 Å². The summed E-state index contributed by atoms with van der Waals surface area (Å²) < 4.78 is 0. The van der Waals surface area contributed by atoms with Gasteiger partial charge in [-0.15, -0.1) is 0 Å². The van der Waals surface area contributed by atoms with E-state index in [1.165, 1.54) is 16.9 Å². The van der Waals surface area contributed by atoms with Crippen molar-refractivity contribution in [1.82, 2.24) is 0 Å². The van der Waals surface area contributed by atoms with Crippen LogP contribution in [0.15, 0.2) is 48.5 Å². The quantitative estimate of drug-likeness (QED) is 0.938. The second-order valence-electron chi connectivity index (χ2n) is 5.59. The highest BCUT2D eigenvalue weighted by Gasteiger charge is 2.18. The summed E-state index contributed by atoms with van der Waals surface area (Å²) >= 11 is 0. The van der Waals surface area contributed by atoms with Gasteiger partial charge in [-0.05, 0) is 36.2 Å². The largest absolute Gasteiger partial charge is 0.392 e. The molecule has 110 valence electrons. The Morgan fingerprint density at radius 2 is 1.57 bits per heavy atom. The van der Waals surface area contributed by atoms with E-state index in [9.17, 15) is 5.11 Å². The number of rotatable bonds is 3. The van der Waals surface area contributed by atoms with Crippen molar-refractivity contribution in [2.45, 2.75) is 13.5 Å². The summed E-state index contributed by atoms with van der Waals surface area (Å²) in [6, 6.07) is 16.8. The van der Waals surface area contributed by atoms with E-state index in [0.29, 0.717) is 0 Å². The van der Waals surface area contributed by atoms with E-state index in [-0.39, 0.29) is 6.61 Å². The molecule has 3 heteroatoms. The van der Waals surface area contributed by atoms with Gasteiger partial charge in [-0.1, -0.05) is 30.3 Å². The Morgan fingerprint density at radius 3 is 2.19 bits per heavy atom. The van der Waals surface area contributed by atoms with E-state index >= 15 is 0 Å². The van der Waals surface area contributed by atoms with Gasteiger partial charge in [-0.25, -0.2) is 0 Å². The van der Waals surface area contributed by atoms with Gasteiger partial charge in [0.05, 0.1) is 6.61 Å². The third-order valence-electron chi connectivity index (χ3n) is 4.19. The number of hydrogen-bond donors (Lipinski definition) is 1. The van der Waals surface area contributed by atoms with Gasteiger partial charge in [0, 0.05) is 37.6 Å². The number of piperazine rings is 1. The molecule has 0 unspecified atom stereocenters. The normalized spacial score (nSPS) is 15.3. The van der Waals surface area contributed by atoms with Crippen molar-refractivity contribution >= 4 is 11.4 Å². The second kappa shape index (κ2) is 6.19. The van der Waals surface area contributed by atoms with Crippen LogP contribution in [0.2, 0.25) is 0 Å². The van der Waals surface area contributed by atoms with Crippen LogP contribution in [0.5, 0.6) is 0 Å². The van der Waals surface area contributed by atoms with Crippen LogP contribution in [0.3, 0.4) is 0 Å². The van der Waals surface area contributed by atoms with Gasteiger partial charge in [0.1, 0.15) is 0 Å². The first-order chi connectivity index (χ1) is 10.3. The molecule has 1 saturated heterocycles. The minimum absolute atomic E-state index is 0.114.